The summed E-state index contributed by atoms with van der Waals surface area (Å²) in [6.45, 7) is 5.68. The predicted molar refractivity (Wildman–Crippen MR) is 94.6 cm³/mol. The quantitative estimate of drug-likeness (QED) is 0.839. The van der Waals surface area contributed by atoms with Crippen LogP contribution in [0.1, 0.15) is 26.2 Å². The fourth-order valence-electron chi connectivity index (χ4n) is 3.50. The summed E-state index contributed by atoms with van der Waals surface area (Å²) in [5.74, 6) is 1.53. The number of para-hydroxylation sites is 1. The molecule has 1 aliphatic carbocycles. The number of hydrogen-bond acceptors (Lipinski definition) is 3. The summed E-state index contributed by atoms with van der Waals surface area (Å²) < 4.78 is 0. The van der Waals surface area contributed by atoms with Crippen LogP contribution in [0.4, 0.5) is 5.69 Å². The van der Waals surface area contributed by atoms with Crippen molar-refractivity contribution >= 4 is 11.6 Å². The molecule has 0 bridgehead atoms. The maximum absolute atomic E-state index is 12.1. The van der Waals surface area contributed by atoms with Crippen LogP contribution < -0.4 is 10.2 Å². The molecule has 0 radical (unpaired) electrons. The molecule has 1 aliphatic heterocycles. The van der Waals surface area contributed by atoms with Gasteiger partial charge in [-0.3, -0.25) is 9.69 Å². The number of benzene rings is 1. The Labute approximate surface area is 139 Å². The topological polar surface area (TPSA) is 35.6 Å². The Bertz CT molecular complexity index is 515. The zero-order chi connectivity index (χ0) is 16.2. The third-order valence-electron chi connectivity index (χ3n) is 5.39. The van der Waals surface area contributed by atoms with Gasteiger partial charge in [-0.2, -0.15) is 0 Å². The molecular weight excluding hydrogens is 286 g/mol. The minimum absolute atomic E-state index is 0.165. The van der Waals surface area contributed by atoms with Crippen molar-refractivity contribution in [3.63, 3.8) is 0 Å². The number of hydrogen-bond donors (Lipinski definition) is 1. The van der Waals surface area contributed by atoms with E-state index in [-0.39, 0.29) is 5.91 Å². The van der Waals surface area contributed by atoms with Gasteiger partial charge in [0.1, 0.15) is 0 Å². The number of carbonyl (C=O) groups is 1. The average molecular weight is 315 g/mol. The number of amides is 1. The largest absolute Gasteiger partial charge is 0.371 e. The number of likely N-dealkylation sites (N-methyl/N-ethyl adjacent to an activating group) is 1. The molecule has 4 nitrogen and oxygen atoms in total. The van der Waals surface area contributed by atoms with Crippen molar-refractivity contribution in [2.24, 2.45) is 11.8 Å². The molecule has 1 heterocycles. The normalized spacial score (nSPS) is 22.4. The van der Waals surface area contributed by atoms with Crippen LogP contribution in [0.2, 0.25) is 0 Å². The summed E-state index contributed by atoms with van der Waals surface area (Å²) in [7, 11) is 2.06. The molecule has 0 aromatic heterocycles. The molecule has 2 unspecified atom stereocenters. The molecule has 1 N–H and O–H groups in total. The third-order valence-corrected chi connectivity index (χ3v) is 5.39. The van der Waals surface area contributed by atoms with Crippen molar-refractivity contribution in [2.45, 2.75) is 32.2 Å². The molecule has 2 aliphatic rings. The first kappa shape index (κ1) is 16.3. The van der Waals surface area contributed by atoms with Crippen LogP contribution in [0, 0.1) is 11.8 Å². The smallest absolute Gasteiger partial charge is 0.234 e. The lowest BCUT2D eigenvalue weighted by molar-refractivity contribution is -0.122. The molecule has 1 amide bonds. The van der Waals surface area contributed by atoms with Gasteiger partial charge in [-0.15, -0.1) is 0 Å². The molecule has 1 saturated heterocycles. The van der Waals surface area contributed by atoms with Gasteiger partial charge in [0, 0.05) is 31.4 Å². The second kappa shape index (κ2) is 7.35. The highest BCUT2D eigenvalue weighted by atomic mass is 16.2. The molecule has 2 fully saturated rings. The lowest BCUT2D eigenvalue weighted by atomic mass is 10.1. The Morgan fingerprint density at radius 2 is 2.04 bits per heavy atom. The fraction of sp³-hybridized carbons (Fsp3) is 0.632. The first-order chi connectivity index (χ1) is 11.1. The van der Waals surface area contributed by atoms with Gasteiger partial charge >= 0.3 is 0 Å². The Kier molecular flexibility index (Phi) is 5.21. The third kappa shape index (κ3) is 4.47. The molecule has 4 heteroatoms. The minimum atomic E-state index is 0.165. The van der Waals surface area contributed by atoms with E-state index in [2.05, 4.69) is 59.4 Å². The monoisotopic (exact) mass is 315 g/mol. The van der Waals surface area contributed by atoms with Gasteiger partial charge in [0.2, 0.25) is 5.91 Å². The minimum Gasteiger partial charge on any atom is -0.371 e. The van der Waals surface area contributed by atoms with Crippen LogP contribution in [0.25, 0.3) is 0 Å². The van der Waals surface area contributed by atoms with Crippen LogP contribution in [0.5, 0.6) is 0 Å². The summed E-state index contributed by atoms with van der Waals surface area (Å²) in [6, 6.07) is 11.1. The molecular formula is C19H29N3O. The molecule has 3 rings (SSSR count). The summed E-state index contributed by atoms with van der Waals surface area (Å²) >= 11 is 0. The van der Waals surface area contributed by atoms with Crippen molar-refractivity contribution in [1.29, 1.82) is 0 Å². The highest BCUT2D eigenvalue weighted by molar-refractivity contribution is 5.78. The summed E-state index contributed by atoms with van der Waals surface area (Å²) in [4.78, 5) is 16.7. The highest BCUT2D eigenvalue weighted by Gasteiger charge is 2.31. The van der Waals surface area contributed by atoms with Crippen LogP contribution in [-0.2, 0) is 4.79 Å². The van der Waals surface area contributed by atoms with E-state index in [1.165, 1.54) is 18.5 Å². The Hall–Kier alpha value is -1.55. The summed E-state index contributed by atoms with van der Waals surface area (Å²) in [5.41, 5.74) is 1.29. The molecule has 1 aromatic rings. The van der Waals surface area contributed by atoms with Gasteiger partial charge < -0.3 is 10.2 Å². The molecule has 1 aromatic carbocycles. The van der Waals surface area contributed by atoms with Crippen LogP contribution in [-0.4, -0.2) is 50.1 Å². The number of anilines is 1. The van der Waals surface area contributed by atoms with Gasteiger partial charge in [0.25, 0.3) is 0 Å². The Balaban J connectivity index is 1.38. The Morgan fingerprint density at radius 3 is 2.74 bits per heavy atom. The summed E-state index contributed by atoms with van der Waals surface area (Å²) in [5, 5.41) is 3.13. The standard InChI is InChI=1S/C19H29N3O/c1-15(17-8-9-17)21(2)14-19(23)20-12-16-10-11-22(13-16)18-6-4-3-5-7-18/h3-7,15-17H,8-14H2,1-2H3,(H,20,23). The predicted octanol–water partition coefficient (Wildman–Crippen LogP) is 2.36. The van der Waals surface area contributed by atoms with E-state index in [0.29, 0.717) is 18.5 Å². The van der Waals surface area contributed by atoms with E-state index < -0.39 is 0 Å². The Morgan fingerprint density at radius 1 is 1.30 bits per heavy atom. The zero-order valence-electron chi connectivity index (χ0n) is 14.4. The van der Waals surface area contributed by atoms with Gasteiger partial charge in [0.05, 0.1) is 6.54 Å². The van der Waals surface area contributed by atoms with E-state index in [4.69, 9.17) is 0 Å². The van der Waals surface area contributed by atoms with Crippen molar-refractivity contribution in [3.8, 4) is 0 Å². The number of rotatable bonds is 7. The van der Waals surface area contributed by atoms with E-state index >= 15 is 0 Å². The lowest BCUT2D eigenvalue weighted by Crippen LogP contribution is -2.41. The van der Waals surface area contributed by atoms with Crippen molar-refractivity contribution in [1.82, 2.24) is 10.2 Å². The fourth-order valence-corrected chi connectivity index (χ4v) is 3.50. The first-order valence-corrected chi connectivity index (χ1v) is 8.90. The zero-order valence-corrected chi connectivity index (χ0v) is 14.4. The maximum Gasteiger partial charge on any atom is 0.234 e. The van der Waals surface area contributed by atoms with E-state index in [1.807, 2.05) is 0 Å². The number of nitrogens with one attached hydrogen (secondary N) is 1. The number of carbonyl (C=O) groups excluding carboxylic acids is 1. The lowest BCUT2D eigenvalue weighted by Gasteiger charge is -2.24. The summed E-state index contributed by atoms with van der Waals surface area (Å²) in [6.07, 6.45) is 3.80. The van der Waals surface area contributed by atoms with Gasteiger partial charge in [-0.25, -0.2) is 0 Å². The van der Waals surface area contributed by atoms with Crippen molar-refractivity contribution < 1.29 is 4.79 Å². The molecule has 2 atom stereocenters. The van der Waals surface area contributed by atoms with E-state index in [1.54, 1.807) is 0 Å². The van der Waals surface area contributed by atoms with Gasteiger partial charge in [-0.1, -0.05) is 18.2 Å². The average Bonchev–Trinajstić information content (AvgIpc) is 3.31. The van der Waals surface area contributed by atoms with Crippen LogP contribution >= 0.6 is 0 Å². The van der Waals surface area contributed by atoms with Crippen molar-refractivity contribution in [2.75, 3.05) is 38.1 Å². The second-order valence-corrected chi connectivity index (χ2v) is 7.23. The van der Waals surface area contributed by atoms with Crippen LogP contribution in [0.3, 0.4) is 0 Å². The SMILES string of the molecule is CC(C1CC1)N(C)CC(=O)NCC1CCN(c2ccccc2)C1. The first-order valence-electron chi connectivity index (χ1n) is 8.90. The molecule has 126 valence electrons. The molecule has 1 saturated carbocycles. The van der Waals surface area contributed by atoms with Gasteiger partial charge in [0.15, 0.2) is 0 Å². The second-order valence-electron chi connectivity index (χ2n) is 7.23. The maximum atomic E-state index is 12.1. The molecule has 0 spiro atoms. The number of nitrogens with zero attached hydrogens (tertiary/aromatic N) is 2. The highest BCUT2D eigenvalue weighted by Crippen LogP contribution is 2.34. The van der Waals surface area contributed by atoms with Gasteiger partial charge in [-0.05, 0) is 57.2 Å². The van der Waals surface area contributed by atoms with E-state index in [9.17, 15) is 4.79 Å². The molecule has 23 heavy (non-hydrogen) atoms. The van der Waals surface area contributed by atoms with Crippen molar-refractivity contribution in [3.05, 3.63) is 30.3 Å². The van der Waals surface area contributed by atoms with Crippen LogP contribution in [0.15, 0.2) is 30.3 Å². The van der Waals surface area contributed by atoms with E-state index in [0.717, 1.165) is 32.0 Å².